The van der Waals surface area contributed by atoms with Gasteiger partial charge in [0.05, 0.1) is 16.1 Å². The highest BCUT2D eigenvalue weighted by Gasteiger charge is 2.15. The summed E-state index contributed by atoms with van der Waals surface area (Å²) >= 11 is 5.77. The molecule has 9 heteroatoms. The number of rotatable bonds is 5. The molecule has 0 aliphatic carbocycles. The zero-order chi connectivity index (χ0) is 13.9. The van der Waals surface area contributed by atoms with Crippen molar-refractivity contribution in [2.24, 2.45) is 5.73 Å². The molecule has 0 atom stereocenters. The Morgan fingerprint density at radius 1 is 1.37 bits per heavy atom. The molecule has 0 fully saturated rings. The van der Waals surface area contributed by atoms with Crippen molar-refractivity contribution in [1.82, 2.24) is 9.59 Å². The normalized spacial score (nSPS) is 11.2. The fourth-order valence-corrected chi connectivity index (χ4v) is 3.24. The number of nitrogens with zero attached hydrogens (tertiary/aromatic N) is 2. The van der Waals surface area contributed by atoms with E-state index in [0.717, 1.165) is 17.1 Å². The first-order valence-electron chi connectivity index (χ1n) is 5.15. The minimum Gasteiger partial charge on any atom is -0.393 e. The van der Waals surface area contributed by atoms with Crippen LogP contribution in [0.5, 0.6) is 0 Å². The van der Waals surface area contributed by atoms with E-state index < -0.39 is 10.0 Å². The van der Waals surface area contributed by atoms with E-state index in [1.807, 2.05) is 0 Å². The number of benzene rings is 1. The SMILES string of the molecule is NC(=S)Cc1ccc(S(=O)(=O)Nc2cnns2)cc1. The topological polar surface area (TPSA) is 98.0 Å². The molecule has 0 aliphatic rings. The van der Waals surface area contributed by atoms with Gasteiger partial charge in [-0.15, -0.1) is 5.10 Å². The van der Waals surface area contributed by atoms with E-state index in [4.69, 9.17) is 18.0 Å². The maximum atomic E-state index is 12.0. The van der Waals surface area contributed by atoms with Gasteiger partial charge in [-0.25, -0.2) is 8.42 Å². The van der Waals surface area contributed by atoms with E-state index in [2.05, 4.69) is 14.3 Å². The zero-order valence-corrected chi connectivity index (χ0v) is 12.1. The van der Waals surface area contributed by atoms with Gasteiger partial charge in [0.1, 0.15) is 5.00 Å². The van der Waals surface area contributed by atoms with Crippen molar-refractivity contribution in [3.63, 3.8) is 0 Å². The molecular formula is C10H10N4O2S3. The molecule has 0 unspecified atom stereocenters. The highest BCUT2D eigenvalue weighted by molar-refractivity contribution is 7.93. The second-order valence-corrected chi connectivity index (χ2v) is 6.67. The number of nitrogens with two attached hydrogens (primary N) is 1. The van der Waals surface area contributed by atoms with Crippen LogP contribution in [0.1, 0.15) is 5.56 Å². The highest BCUT2D eigenvalue weighted by Crippen LogP contribution is 2.18. The summed E-state index contributed by atoms with van der Waals surface area (Å²) in [5.74, 6) is 0. The van der Waals surface area contributed by atoms with Crippen molar-refractivity contribution in [2.45, 2.75) is 11.3 Å². The summed E-state index contributed by atoms with van der Waals surface area (Å²) < 4.78 is 30.0. The van der Waals surface area contributed by atoms with Crippen LogP contribution in [0.15, 0.2) is 35.4 Å². The molecule has 0 amide bonds. The van der Waals surface area contributed by atoms with Crippen LogP contribution in [0.25, 0.3) is 0 Å². The van der Waals surface area contributed by atoms with Crippen molar-refractivity contribution in [2.75, 3.05) is 4.72 Å². The molecule has 6 nitrogen and oxygen atoms in total. The zero-order valence-electron chi connectivity index (χ0n) is 9.61. The van der Waals surface area contributed by atoms with Crippen LogP contribution in [0.4, 0.5) is 5.00 Å². The van der Waals surface area contributed by atoms with Crippen molar-refractivity contribution in [3.8, 4) is 0 Å². The third-order valence-electron chi connectivity index (χ3n) is 2.21. The lowest BCUT2D eigenvalue weighted by molar-refractivity contribution is 0.601. The summed E-state index contributed by atoms with van der Waals surface area (Å²) in [5.41, 5.74) is 6.29. The molecule has 0 spiro atoms. The predicted molar refractivity (Wildman–Crippen MR) is 77.6 cm³/mol. The summed E-state index contributed by atoms with van der Waals surface area (Å²) in [7, 11) is -3.61. The van der Waals surface area contributed by atoms with Gasteiger partial charge in [-0.3, -0.25) is 4.72 Å². The average Bonchev–Trinajstić information content (AvgIpc) is 2.81. The van der Waals surface area contributed by atoms with Crippen LogP contribution in [0.2, 0.25) is 0 Å². The molecule has 0 bridgehead atoms. The molecular weight excluding hydrogens is 304 g/mol. The summed E-state index contributed by atoms with van der Waals surface area (Å²) in [5, 5.41) is 3.93. The molecule has 19 heavy (non-hydrogen) atoms. The molecule has 1 aromatic carbocycles. The minimum absolute atomic E-state index is 0.160. The molecule has 0 radical (unpaired) electrons. The molecule has 1 heterocycles. The predicted octanol–water partition coefficient (Wildman–Crippen LogP) is 1.17. The van der Waals surface area contributed by atoms with Gasteiger partial charge in [0.15, 0.2) is 0 Å². The van der Waals surface area contributed by atoms with Crippen molar-refractivity contribution >= 4 is 43.8 Å². The Bertz CT molecular complexity index is 665. The Balaban J connectivity index is 2.19. The van der Waals surface area contributed by atoms with Crippen LogP contribution in [-0.4, -0.2) is 23.0 Å². The van der Waals surface area contributed by atoms with Gasteiger partial charge in [-0.05, 0) is 17.7 Å². The third-order valence-corrected chi connectivity index (χ3v) is 4.44. The number of hydrogen-bond donors (Lipinski definition) is 2. The number of thiocarbonyl (C=S) groups is 1. The van der Waals surface area contributed by atoms with E-state index in [-0.39, 0.29) is 4.90 Å². The van der Waals surface area contributed by atoms with Crippen molar-refractivity contribution in [1.29, 1.82) is 0 Å². The maximum Gasteiger partial charge on any atom is 0.262 e. The molecule has 2 aromatic rings. The van der Waals surface area contributed by atoms with Crippen LogP contribution < -0.4 is 10.5 Å². The monoisotopic (exact) mass is 314 g/mol. The lowest BCUT2D eigenvalue weighted by Gasteiger charge is -2.06. The summed E-state index contributed by atoms with van der Waals surface area (Å²) in [6, 6.07) is 6.37. The summed E-state index contributed by atoms with van der Waals surface area (Å²) in [6.07, 6.45) is 1.80. The number of sulfonamides is 1. The van der Waals surface area contributed by atoms with Gasteiger partial charge in [0, 0.05) is 18.0 Å². The lowest BCUT2D eigenvalue weighted by Crippen LogP contribution is -2.13. The highest BCUT2D eigenvalue weighted by atomic mass is 32.2. The van der Waals surface area contributed by atoms with Gasteiger partial charge in [-0.2, -0.15) is 0 Å². The Hall–Kier alpha value is -1.58. The van der Waals surface area contributed by atoms with Crippen LogP contribution >= 0.6 is 23.8 Å². The van der Waals surface area contributed by atoms with Gasteiger partial charge >= 0.3 is 0 Å². The first-order valence-corrected chi connectivity index (χ1v) is 7.81. The molecule has 1 aromatic heterocycles. The summed E-state index contributed by atoms with van der Waals surface area (Å²) in [4.78, 5) is 0.525. The number of aromatic nitrogens is 2. The number of hydrogen-bond acceptors (Lipinski definition) is 6. The standard InChI is InChI=1S/C10H10N4O2S3/c11-9(17)5-7-1-3-8(4-2-7)19(15,16)13-10-6-12-14-18-10/h1-4,6,13H,5H2,(H2,11,17). The van der Waals surface area contributed by atoms with Crippen LogP contribution in [-0.2, 0) is 16.4 Å². The maximum absolute atomic E-state index is 12.0. The second kappa shape index (κ2) is 5.59. The van der Waals surface area contributed by atoms with Gasteiger partial charge in [-0.1, -0.05) is 28.8 Å². The van der Waals surface area contributed by atoms with Gasteiger partial charge in [0.2, 0.25) is 0 Å². The molecule has 0 aliphatic heterocycles. The van der Waals surface area contributed by atoms with Gasteiger partial charge in [0.25, 0.3) is 10.0 Å². The molecule has 0 saturated carbocycles. The Kier molecular flexibility index (Phi) is 4.08. The smallest absolute Gasteiger partial charge is 0.262 e. The van der Waals surface area contributed by atoms with Crippen molar-refractivity contribution < 1.29 is 8.42 Å². The number of nitrogens with one attached hydrogen (secondary N) is 1. The second-order valence-electron chi connectivity index (χ2n) is 3.67. The molecule has 100 valence electrons. The van der Waals surface area contributed by atoms with Gasteiger partial charge < -0.3 is 5.73 Å². The Morgan fingerprint density at radius 3 is 2.58 bits per heavy atom. The van der Waals surface area contributed by atoms with Crippen molar-refractivity contribution in [3.05, 3.63) is 36.0 Å². The third kappa shape index (κ3) is 3.69. The minimum atomic E-state index is -3.61. The lowest BCUT2D eigenvalue weighted by atomic mass is 10.1. The van der Waals surface area contributed by atoms with E-state index in [0.29, 0.717) is 16.4 Å². The summed E-state index contributed by atoms with van der Waals surface area (Å²) in [6.45, 7) is 0. The van der Waals surface area contributed by atoms with E-state index >= 15 is 0 Å². The Morgan fingerprint density at radius 2 is 2.05 bits per heavy atom. The quantitative estimate of drug-likeness (QED) is 0.804. The molecule has 2 rings (SSSR count). The van der Waals surface area contributed by atoms with E-state index in [1.54, 1.807) is 12.1 Å². The Labute approximate surface area is 119 Å². The fraction of sp³-hybridized carbons (Fsp3) is 0.100. The first-order chi connectivity index (χ1) is 8.97. The van der Waals surface area contributed by atoms with Crippen LogP contribution in [0, 0.1) is 0 Å². The van der Waals surface area contributed by atoms with E-state index in [9.17, 15) is 8.42 Å². The van der Waals surface area contributed by atoms with E-state index in [1.165, 1.54) is 18.3 Å². The molecule has 3 N–H and O–H groups in total. The average molecular weight is 314 g/mol. The molecule has 0 saturated heterocycles. The number of anilines is 1. The first kappa shape index (κ1) is 13.8. The van der Waals surface area contributed by atoms with Crippen LogP contribution in [0.3, 0.4) is 0 Å². The largest absolute Gasteiger partial charge is 0.393 e. The fourth-order valence-electron chi connectivity index (χ4n) is 1.39.